The zero-order valence-electron chi connectivity index (χ0n) is 14.9. The molecule has 3 rings (SSSR count). The van der Waals surface area contributed by atoms with Gasteiger partial charge >= 0.3 is 6.18 Å². The Morgan fingerprint density at radius 2 is 0.909 bits per heavy atom. The lowest BCUT2D eigenvalue weighted by atomic mass is 9.99. The minimum Gasteiger partial charge on any atom is -0.505 e. The Labute approximate surface area is 233 Å². The maximum atomic E-state index is 13.7. The monoisotopic (exact) mass is 655 g/mol. The molecule has 0 aliphatic heterocycles. The van der Waals surface area contributed by atoms with Gasteiger partial charge in [-0.25, -0.2) is 4.98 Å². The zero-order valence-corrected chi connectivity index (χ0v) is 22.4. The van der Waals surface area contributed by atoms with Crippen molar-refractivity contribution in [1.29, 1.82) is 0 Å². The number of hydrogen-bond acceptors (Lipinski definition) is 2. The van der Waals surface area contributed by atoms with Gasteiger partial charge in [0.1, 0.15) is 17.1 Å². The minimum absolute atomic E-state index is 0.246. The molecule has 2 nitrogen and oxygen atoms in total. The van der Waals surface area contributed by atoms with Crippen molar-refractivity contribution in [3.8, 4) is 28.1 Å². The fourth-order valence-electron chi connectivity index (χ4n) is 2.70. The van der Waals surface area contributed by atoms with Gasteiger partial charge in [0.25, 0.3) is 0 Å². The highest BCUT2D eigenvalue weighted by Gasteiger charge is 2.37. The lowest BCUT2D eigenvalue weighted by molar-refractivity contribution is -0.141. The van der Waals surface area contributed by atoms with E-state index in [1.165, 1.54) is 0 Å². The Morgan fingerprint density at radius 1 is 0.576 bits per heavy atom. The van der Waals surface area contributed by atoms with Gasteiger partial charge in [0.05, 0.1) is 50.2 Å². The lowest BCUT2D eigenvalue weighted by Gasteiger charge is -2.19. The Kier molecular flexibility index (Phi) is 8.26. The van der Waals surface area contributed by atoms with Crippen molar-refractivity contribution in [2.75, 3.05) is 0 Å². The van der Waals surface area contributed by atoms with Gasteiger partial charge in [0.2, 0.25) is 0 Å². The highest BCUT2D eigenvalue weighted by molar-refractivity contribution is 6.57. The fraction of sp³-hybridized carbons (Fsp3) is 0.0556. The summed E-state index contributed by atoms with van der Waals surface area (Å²) in [7, 11) is 0. The van der Waals surface area contributed by atoms with E-state index >= 15 is 0 Å². The van der Waals surface area contributed by atoms with Crippen LogP contribution in [-0.2, 0) is 6.18 Å². The van der Waals surface area contributed by atoms with Crippen molar-refractivity contribution in [1.82, 2.24) is 4.98 Å². The second kappa shape index (κ2) is 9.85. The van der Waals surface area contributed by atoms with Crippen molar-refractivity contribution in [2.45, 2.75) is 6.18 Å². The van der Waals surface area contributed by atoms with Gasteiger partial charge < -0.3 is 5.11 Å². The van der Waals surface area contributed by atoms with E-state index in [0.717, 1.165) is 0 Å². The molecular weight excluding hydrogens is 658 g/mol. The molecule has 15 heteroatoms. The van der Waals surface area contributed by atoms with Crippen LogP contribution in [0.5, 0.6) is 5.75 Å². The molecule has 176 valence electrons. The van der Waals surface area contributed by atoms with Crippen LogP contribution in [0.2, 0.25) is 50.2 Å². The molecule has 0 fully saturated rings. The second-order valence-corrected chi connectivity index (χ2v) is 9.92. The highest BCUT2D eigenvalue weighted by atomic mass is 35.5. The average Bonchev–Trinajstić information content (AvgIpc) is 2.75. The molecule has 0 amide bonds. The molecule has 2 aromatic carbocycles. The second-order valence-electron chi connectivity index (χ2n) is 6.14. The van der Waals surface area contributed by atoms with Crippen LogP contribution >= 0.6 is 116 Å². The minimum atomic E-state index is -5.00. The van der Waals surface area contributed by atoms with Crippen molar-refractivity contribution < 1.29 is 18.3 Å². The number of rotatable bonds is 2. The first kappa shape index (κ1) is 27.7. The first-order chi connectivity index (χ1) is 15.1. The van der Waals surface area contributed by atoms with Crippen LogP contribution in [0.1, 0.15) is 5.69 Å². The third-order valence-electron chi connectivity index (χ3n) is 4.21. The Hall–Kier alpha value is 0.0800. The fourth-order valence-corrected chi connectivity index (χ4v) is 5.36. The lowest BCUT2D eigenvalue weighted by Crippen LogP contribution is -2.10. The summed E-state index contributed by atoms with van der Waals surface area (Å²) in [5.74, 6) is -0.875. The summed E-state index contributed by atoms with van der Waals surface area (Å²) >= 11 is 60.8. The molecule has 33 heavy (non-hydrogen) atoms. The third kappa shape index (κ3) is 4.76. The molecule has 0 saturated carbocycles. The molecule has 3 aromatic rings. The van der Waals surface area contributed by atoms with Crippen LogP contribution in [-0.4, -0.2) is 10.1 Å². The maximum Gasteiger partial charge on any atom is 0.433 e. The van der Waals surface area contributed by atoms with E-state index in [0.29, 0.717) is 6.07 Å². The van der Waals surface area contributed by atoms with Gasteiger partial charge in [-0.2, -0.15) is 13.2 Å². The zero-order chi connectivity index (χ0) is 25.2. The molecule has 1 heterocycles. The standard InChI is InChI=1S/C18H2Cl10F3NO/c19-6-4(7(20)11(24)14(27)10(6)23)2-1-3(18(29,30)31)32-16(17(2)33)5-8(21)12(25)15(28)13(26)9(5)22/h1,33H. The number of pyridine rings is 1. The van der Waals surface area contributed by atoms with Crippen LogP contribution in [0, 0.1) is 0 Å². The van der Waals surface area contributed by atoms with E-state index in [-0.39, 0.29) is 45.7 Å². The molecule has 0 aliphatic carbocycles. The number of aromatic hydroxyl groups is 1. The van der Waals surface area contributed by atoms with E-state index < -0.39 is 44.5 Å². The van der Waals surface area contributed by atoms with E-state index in [9.17, 15) is 18.3 Å². The first-order valence-corrected chi connectivity index (χ1v) is 11.7. The smallest absolute Gasteiger partial charge is 0.433 e. The van der Waals surface area contributed by atoms with Gasteiger partial charge in [0, 0.05) is 16.7 Å². The molecule has 1 N–H and O–H groups in total. The number of halogens is 13. The normalized spacial score (nSPS) is 11.9. The molecule has 1 aromatic heterocycles. The number of alkyl halides is 3. The molecule has 0 aliphatic rings. The summed E-state index contributed by atoms with van der Waals surface area (Å²) in [6.07, 6.45) is -5.00. The molecular formula is C18H2Cl10F3NO. The average molecular weight is 660 g/mol. The molecule has 0 saturated heterocycles. The predicted octanol–water partition coefficient (Wildman–Crippen LogP) is 11.7. The van der Waals surface area contributed by atoms with Gasteiger partial charge in [-0.3, -0.25) is 0 Å². The maximum absolute atomic E-state index is 13.7. The van der Waals surface area contributed by atoms with E-state index in [1.54, 1.807) is 0 Å². The third-order valence-corrected chi connectivity index (χ3v) is 8.76. The van der Waals surface area contributed by atoms with Crippen molar-refractivity contribution in [3.63, 3.8) is 0 Å². The van der Waals surface area contributed by atoms with Crippen molar-refractivity contribution in [2.24, 2.45) is 0 Å². The van der Waals surface area contributed by atoms with Crippen LogP contribution in [0.15, 0.2) is 6.07 Å². The van der Waals surface area contributed by atoms with Crippen molar-refractivity contribution in [3.05, 3.63) is 62.0 Å². The molecule has 0 spiro atoms. The predicted molar refractivity (Wildman–Crippen MR) is 132 cm³/mol. The van der Waals surface area contributed by atoms with Crippen molar-refractivity contribution >= 4 is 116 Å². The van der Waals surface area contributed by atoms with Gasteiger partial charge in [-0.1, -0.05) is 116 Å². The van der Waals surface area contributed by atoms with E-state index in [4.69, 9.17) is 116 Å². The van der Waals surface area contributed by atoms with Crippen LogP contribution in [0.25, 0.3) is 22.4 Å². The highest BCUT2D eigenvalue weighted by Crippen LogP contribution is 2.55. The number of benzene rings is 2. The topological polar surface area (TPSA) is 33.1 Å². The van der Waals surface area contributed by atoms with Crippen LogP contribution in [0.3, 0.4) is 0 Å². The molecule has 0 atom stereocenters. The quantitative estimate of drug-likeness (QED) is 0.219. The summed E-state index contributed by atoms with van der Waals surface area (Å²) in [5.41, 5.74) is -3.57. The summed E-state index contributed by atoms with van der Waals surface area (Å²) in [6, 6.07) is 0.480. The summed E-state index contributed by atoms with van der Waals surface area (Å²) in [5, 5.41) is 7.55. The number of hydrogen-bond donors (Lipinski definition) is 1. The molecule has 0 bridgehead atoms. The van der Waals surface area contributed by atoms with E-state index in [1.807, 2.05) is 0 Å². The summed E-state index contributed by atoms with van der Waals surface area (Å²) in [4.78, 5) is 3.47. The van der Waals surface area contributed by atoms with Crippen LogP contribution in [0.4, 0.5) is 13.2 Å². The molecule has 0 unspecified atom stereocenters. The first-order valence-electron chi connectivity index (χ1n) is 7.95. The van der Waals surface area contributed by atoms with Crippen LogP contribution < -0.4 is 0 Å². The summed E-state index contributed by atoms with van der Waals surface area (Å²) in [6.45, 7) is 0. The largest absolute Gasteiger partial charge is 0.505 e. The molecule has 0 radical (unpaired) electrons. The SMILES string of the molecule is Oc1c(-c2c(Cl)c(Cl)c(Cl)c(Cl)c2Cl)cc(C(F)(F)F)nc1-c1c(Cl)c(Cl)c(Cl)c(Cl)c1Cl. The van der Waals surface area contributed by atoms with Gasteiger partial charge in [-0.15, -0.1) is 0 Å². The Balaban J connectivity index is 2.56. The van der Waals surface area contributed by atoms with E-state index in [2.05, 4.69) is 4.98 Å². The Morgan fingerprint density at radius 3 is 1.27 bits per heavy atom. The van der Waals surface area contributed by atoms with Gasteiger partial charge in [-0.05, 0) is 6.07 Å². The summed E-state index contributed by atoms with van der Waals surface area (Å²) < 4.78 is 41.2. The van der Waals surface area contributed by atoms with Gasteiger partial charge in [0.15, 0.2) is 0 Å². The Bertz CT molecular complexity index is 1180. The number of aromatic nitrogens is 1. The number of nitrogens with zero attached hydrogens (tertiary/aromatic N) is 1.